The highest BCUT2D eigenvalue weighted by Gasteiger charge is 2.34. The number of oxazole rings is 1. The van der Waals surface area contributed by atoms with Gasteiger partial charge in [0.2, 0.25) is 5.89 Å². The fourth-order valence-corrected chi connectivity index (χ4v) is 1.55. The number of nitrogens with one attached hydrogen (secondary N) is 1. The molecule has 2 heterocycles. The molecule has 0 bridgehead atoms. The predicted octanol–water partition coefficient (Wildman–Crippen LogP) is 3.32. The largest absolute Gasteiger partial charge is 0.444 e. The van der Waals surface area contributed by atoms with E-state index in [9.17, 15) is 13.2 Å². The van der Waals surface area contributed by atoms with Gasteiger partial charge in [0, 0.05) is 6.20 Å². The molecule has 0 unspecified atom stereocenters. The zero-order valence-corrected chi connectivity index (χ0v) is 10.4. The van der Waals surface area contributed by atoms with Gasteiger partial charge in [-0.25, -0.2) is 9.97 Å². The maximum absolute atomic E-state index is 12.7. The van der Waals surface area contributed by atoms with Crippen molar-refractivity contribution in [1.82, 2.24) is 9.97 Å². The van der Waals surface area contributed by atoms with Gasteiger partial charge in [-0.05, 0) is 26.0 Å². The third-order valence-corrected chi connectivity index (χ3v) is 2.59. The summed E-state index contributed by atoms with van der Waals surface area (Å²) < 4.78 is 43.4. The van der Waals surface area contributed by atoms with Gasteiger partial charge in [0.15, 0.2) is 0 Å². The number of rotatable bonds is 3. The molecule has 19 heavy (non-hydrogen) atoms. The molecule has 102 valence electrons. The molecule has 0 aromatic carbocycles. The van der Waals surface area contributed by atoms with Crippen LogP contribution >= 0.6 is 0 Å². The Morgan fingerprint density at radius 3 is 2.63 bits per heavy atom. The minimum Gasteiger partial charge on any atom is -0.444 e. The minimum atomic E-state index is -4.45. The van der Waals surface area contributed by atoms with Crippen molar-refractivity contribution in [2.24, 2.45) is 0 Å². The Labute approximate surface area is 107 Å². The number of halogens is 3. The Balaban J connectivity index is 2.16. The number of hydrogen-bond donors (Lipinski definition) is 1. The van der Waals surface area contributed by atoms with Crippen LogP contribution in [-0.4, -0.2) is 9.97 Å². The van der Waals surface area contributed by atoms with Gasteiger partial charge in [-0.3, -0.25) is 0 Å². The number of aromatic nitrogens is 2. The highest BCUT2D eigenvalue weighted by molar-refractivity contribution is 5.45. The topological polar surface area (TPSA) is 51.0 Å². The van der Waals surface area contributed by atoms with Gasteiger partial charge in [0.05, 0.1) is 17.8 Å². The summed E-state index contributed by atoms with van der Waals surface area (Å²) in [6.45, 7) is 3.56. The van der Waals surface area contributed by atoms with Crippen LogP contribution in [0.4, 0.5) is 19.0 Å². The Kier molecular flexibility index (Phi) is 3.46. The van der Waals surface area contributed by atoms with Crippen LogP contribution in [0.3, 0.4) is 0 Å². The summed E-state index contributed by atoms with van der Waals surface area (Å²) in [5, 5.41) is 2.59. The van der Waals surface area contributed by atoms with Gasteiger partial charge >= 0.3 is 6.18 Å². The van der Waals surface area contributed by atoms with Crippen LogP contribution in [0.5, 0.6) is 0 Å². The van der Waals surface area contributed by atoms with Gasteiger partial charge in [0.1, 0.15) is 11.6 Å². The molecule has 0 atom stereocenters. The molecule has 0 radical (unpaired) electrons. The van der Waals surface area contributed by atoms with Gasteiger partial charge in [-0.1, -0.05) is 0 Å². The summed E-state index contributed by atoms with van der Waals surface area (Å²) in [4.78, 5) is 7.77. The van der Waals surface area contributed by atoms with Crippen LogP contribution in [0.1, 0.15) is 22.9 Å². The van der Waals surface area contributed by atoms with E-state index >= 15 is 0 Å². The number of aryl methyl sites for hydroxylation is 2. The van der Waals surface area contributed by atoms with Crippen LogP contribution in [0.2, 0.25) is 0 Å². The number of alkyl halides is 3. The van der Waals surface area contributed by atoms with Crippen molar-refractivity contribution in [3.63, 3.8) is 0 Å². The molecule has 2 rings (SSSR count). The lowest BCUT2D eigenvalue weighted by molar-refractivity contribution is -0.137. The second-order valence-corrected chi connectivity index (χ2v) is 4.00. The van der Waals surface area contributed by atoms with Crippen LogP contribution in [-0.2, 0) is 12.7 Å². The van der Waals surface area contributed by atoms with Crippen molar-refractivity contribution in [2.75, 3.05) is 5.32 Å². The first-order chi connectivity index (χ1) is 8.88. The summed E-state index contributed by atoms with van der Waals surface area (Å²) in [7, 11) is 0. The van der Waals surface area contributed by atoms with Crippen LogP contribution < -0.4 is 5.32 Å². The summed E-state index contributed by atoms with van der Waals surface area (Å²) >= 11 is 0. The quantitative estimate of drug-likeness (QED) is 0.930. The monoisotopic (exact) mass is 271 g/mol. The fourth-order valence-electron chi connectivity index (χ4n) is 1.55. The summed E-state index contributed by atoms with van der Waals surface area (Å²) in [6, 6.07) is 2.22. The zero-order chi connectivity index (χ0) is 14.0. The van der Waals surface area contributed by atoms with E-state index in [1.54, 1.807) is 13.8 Å². The lowest BCUT2D eigenvalue weighted by atomic mass is 10.2. The standard InChI is InChI=1S/C12H12F3N3O/c1-7-8(2)19-10(18-7)6-17-11-9(12(13,14)15)4-3-5-16-11/h3-5H,6H2,1-2H3,(H,16,17). The average Bonchev–Trinajstić information content (AvgIpc) is 2.65. The van der Waals surface area contributed by atoms with E-state index < -0.39 is 11.7 Å². The first kappa shape index (κ1) is 13.4. The molecule has 0 spiro atoms. The van der Waals surface area contributed by atoms with E-state index in [0.717, 1.165) is 6.07 Å². The smallest absolute Gasteiger partial charge is 0.419 e. The Morgan fingerprint density at radius 1 is 1.32 bits per heavy atom. The van der Waals surface area contributed by atoms with Crippen molar-refractivity contribution in [3.8, 4) is 0 Å². The van der Waals surface area contributed by atoms with Gasteiger partial charge < -0.3 is 9.73 Å². The SMILES string of the molecule is Cc1nc(CNc2ncccc2C(F)(F)F)oc1C. The van der Waals surface area contributed by atoms with E-state index in [1.165, 1.54) is 12.3 Å². The van der Waals surface area contributed by atoms with Crippen molar-refractivity contribution >= 4 is 5.82 Å². The molecule has 0 amide bonds. The van der Waals surface area contributed by atoms with Crippen molar-refractivity contribution in [1.29, 1.82) is 0 Å². The molecule has 0 aliphatic carbocycles. The molecule has 2 aromatic heterocycles. The first-order valence-corrected chi connectivity index (χ1v) is 5.57. The van der Waals surface area contributed by atoms with E-state index in [2.05, 4.69) is 15.3 Å². The molecule has 0 fully saturated rings. The number of anilines is 1. The molecular formula is C12H12F3N3O. The summed E-state index contributed by atoms with van der Waals surface area (Å²) in [6.07, 6.45) is -3.15. The molecule has 0 aliphatic rings. The van der Waals surface area contributed by atoms with E-state index in [1.807, 2.05) is 0 Å². The molecule has 2 aromatic rings. The second kappa shape index (κ2) is 4.91. The highest BCUT2D eigenvalue weighted by Crippen LogP contribution is 2.33. The van der Waals surface area contributed by atoms with Crippen LogP contribution in [0.15, 0.2) is 22.7 Å². The average molecular weight is 271 g/mol. The Morgan fingerprint density at radius 2 is 2.05 bits per heavy atom. The fraction of sp³-hybridized carbons (Fsp3) is 0.333. The van der Waals surface area contributed by atoms with Crippen LogP contribution in [0.25, 0.3) is 0 Å². The van der Waals surface area contributed by atoms with E-state index in [-0.39, 0.29) is 12.4 Å². The third-order valence-electron chi connectivity index (χ3n) is 2.59. The molecule has 0 aliphatic heterocycles. The number of nitrogens with zero attached hydrogens (tertiary/aromatic N) is 2. The second-order valence-electron chi connectivity index (χ2n) is 4.00. The Bertz CT molecular complexity index is 558. The van der Waals surface area contributed by atoms with E-state index in [4.69, 9.17) is 4.42 Å². The first-order valence-electron chi connectivity index (χ1n) is 5.57. The maximum Gasteiger partial charge on any atom is 0.419 e. The predicted molar refractivity (Wildman–Crippen MR) is 62.5 cm³/mol. The maximum atomic E-state index is 12.7. The zero-order valence-electron chi connectivity index (χ0n) is 10.4. The molecule has 7 heteroatoms. The minimum absolute atomic E-state index is 0.0504. The third kappa shape index (κ3) is 3.04. The molecule has 4 nitrogen and oxygen atoms in total. The lowest BCUT2D eigenvalue weighted by Gasteiger charge is -2.11. The van der Waals surface area contributed by atoms with Crippen molar-refractivity contribution in [2.45, 2.75) is 26.6 Å². The summed E-state index contributed by atoms with van der Waals surface area (Å²) in [5.74, 6) is 0.742. The molecular weight excluding hydrogens is 259 g/mol. The van der Waals surface area contributed by atoms with E-state index in [0.29, 0.717) is 17.3 Å². The number of hydrogen-bond acceptors (Lipinski definition) is 4. The Hall–Kier alpha value is -2.05. The van der Waals surface area contributed by atoms with Crippen LogP contribution in [0, 0.1) is 13.8 Å². The normalized spacial score (nSPS) is 11.6. The highest BCUT2D eigenvalue weighted by atomic mass is 19.4. The van der Waals surface area contributed by atoms with Gasteiger partial charge in [-0.2, -0.15) is 13.2 Å². The van der Waals surface area contributed by atoms with Gasteiger partial charge in [0.25, 0.3) is 0 Å². The number of pyridine rings is 1. The molecule has 0 saturated heterocycles. The lowest BCUT2D eigenvalue weighted by Crippen LogP contribution is -2.12. The summed E-state index contributed by atoms with van der Waals surface area (Å²) in [5.41, 5.74) is -0.0936. The van der Waals surface area contributed by atoms with Gasteiger partial charge in [-0.15, -0.1) is 0 Å². The van der Waals surface area contributed by atoms with Crippen molar-refractivity contribution < 1.29 is 17.6 Å². The molecule has 1 N–H and O–H groups in total. The molecule has 0 saturated carbocycles. The van der Waals surface area contributed by atoms with Crippen molar-refractivity contribution in [3.05, 3.63) is 41.2 Å².